The Morgan fingerprint density at radius 1 is 1.28 bits per heavy atom. The van der Waals surface area contributed by atoms with Crippen molar-refractivity contribution in [3.63, 3.8) is 0 Å². The lowest BCUT2D eigenvalue weighted by atomic mass is 10.1. The average Bonchev–Trinajstić information content (AvgIpc) is 2.95. The van der Waals surface area contributed by atoms with Crippen LogP contribution >= 0.6 is 11.6 Å². The number of amides is 2. The number of halogens is 2. The van der Waals surface area contributed by atoms with Crippen molar-refractivity contribution in [1.82, 2.24) is 5.32 Å². The van der Waals surface area contributed by atoms with Crippen LogP contribution in [0.25, 0.3) is 0 Å². The van der Waals surface area contributed by atoms with Gasteiger partial charge in [0.2, 0.25) is 5.91 Å². The highest BCUT2D eigenvalue weighted by molar-refractivity contribution is 6.31. The van der Waals surface area contributed by atoms with Crippen LogP contribution in [0.1, 0.15) is 16.8 Å². The fraction of sp³-hybridized carbons (Fsp3) is 0.222. The molecule has 1 aliphatic rings. The third kappa shape index (κ3) is 3.74. The molecule has 1 saturated heterocycles. The van der Waals surface area contributed by atoms with Gasteiger partial charge in [0.15, 0.2) is 0 Å². The van der Waals surface area contributed by atoms with Gasteiger partial charge in [0.25, 0.3) is 5.91 Å². The first-order chi connectivity index (χ1) is 12.0. The monoisotopic (exact) mass is 362 g/mol. The third-order valence-corrected chi connectivity index (χ3v) is 4.24. The fourth-order valence-electron chi connectivity index (χ4n) is 2.80. The largest absolute Gasteiger partial charge is 0.496 e. The van der Waals surface area contributed by atoms with Crippen molar-refractivity contribution in [2.45, 2.75) is 12.5 Å². The van der Waals surface area contributed by atoms with Gasteiger partial charge in [-0.15, -0.1) is 0 Å². The molecule has 0 aliphatic carbocycles. The Morgan fingerprint density at radius 3 is 2.68 bits per heavy atom. The molecule has 2 amide bonds. The van der Waals surface area contributed by atoms with Crippen LogP contribution in [-0.2, 0) is 4.79 Å². The second-order valence-electron chi connectivity index (χ2n) is 5.70. The van der Waals surface area contributed by atoms with E-state index in [9.17, 15) is 14.0 Å². The molecule has 0 bridgehead atoms. The van der Waals surface area contributed by atoms with Gasteiger partial charge in [-0.05, 0) is 42.5 Å². The maximum Gasteiger partial charge on any atom is 0.255 e. The van der Waals surface area contributed by atoms with Gasteiger partial charge in [0, 0.05) is 23.7 Å². The van der Waals surface area contributed by atoms with Gasteiger partial charge in [-0.3, -0.25) is 9.59 Å². The summed E-state index contributed by atoms with van der Waals surface area (Å²) in [7, 11) is 1.47. The van der Waals surface area contributed by atoms with Crippen molar-refractivity contribution in [3.8, 4) is 5.75 Å². The SMILES string of the molecule is COc1ccc(Cl)cc1C(=O)NC1CC(=O)N(c2ccc(F)cc2)C1. The second kappa shape index (κ2) is 7.11. The van der Waals surface area contributed by atoms with Crippen molar-refractivity contribution in [3.05, 3.63) is 58.9 Å². The van der Waals surface area contributed by atoms with Crippen molar-refractivity contribution >= 4 is 29.1 Å². The van der Waals surface area contributed by atoms with Crippen LogP contribution in [0.3, 0.4) is 0 Å². The zero-order valence-electron chi connectivity index (χ0n) is 13.5. The zero-order valence-corrected chi connectivity index (χ0v) is 14.2. The normalized spacial score (nSPS) is 16.8. The highest BCUT2D eigenvalue weighted by Crippen LogP contribution is 2.25. The summed E-state index contributed by atoms with van der Waals surface area (Å²) in [5, 5.41) is 3.24. The number of ether oxygens (including phenoxy) is 1. The summed E-state index contributed by atoms with van der Waals surface area (Å²) >= 11 is 5.95. The van der Waals surface area contributed by atoms with E-state index in [-0.39, 0.29) is 30.1 Å². The molecule has 2 aromatic carbocycles. The Hall–Kier alpha value is -2.60. The fourth-order valence-corrected chi connectivity index (χ4v) is 2.97. The summed E-state index contributed by atoms with van der Waals surface area (Å²) in [4.78, 5) is 26.2. The van der Waals surface area contributed by atoms with E-state index in [2.05, 4.69) is 5.32 Å². The first kappa shape index (κ1) is 17.2. The van der Waals surface area contributed by atoms with Crippen LogP contribution in [0.15, 0.2) is 42.5 Å². The number of anilines is 1. The van der Waals surface area contributed by atoms with Gasteiger partial charge in [0.1, 0.15) is 11.6 Å². The van der Waals surface area contributed by atoms with E-state index in [1.54, 1.807) is 12.1 Å². The van der Waals surface area contributed by atoms with Gasteiger partial charge < -0.3 is 15.0 Å². The first-order valence-corrected chi connectivity index (χ1v) is 8.06. The summed E-state index contributed by atoms with van der Waals surface area (Å²) in [6.45, 7) is 0.319. The molecule has 1 N–H and O–H groups in total. The van der Waals surface area contributed by atoms with Crippen LogP contribution in [0.5, 0.6) is 5.75 Å². The van der Waals surface area contributed by atoms with E-state index < -0.39 is 0 Å². The molecule has 1 heterocycles. The number of carbonyl (C=O) groups excluding carboxylic acids is 2. The lowest BCUT2D eigenvalue weighted by Gasteiger charge is -2.17. The molecule has 7 heteroatoms. The molecule has 0 saturated carbocycles. The standard InChI is InChI=1S/C18H16ClFN2O3/c1-25-16-7-2-11(19)8-15(16)18(24)21-13-9-17(23)22(10-13)14-5-3-12(20)4-6-14/h2-8,13H,9-10H2,1H3,(H,21,24). The minimum Gasteiger partial charge on any atom is -0.496 e. The molecular weight excluding hydrogens is 347 g/mol. The second-order valence-corrected chi connectivity index (χ2v) is 6.14. The van der Waals surface area contributed by atoms with Crippen LogP contribution in [0.2, 0.25) is 5.02 Å². The average molecular weight is 363 g/mol. The maximum absolute atomic E-state index is 13.0. The predicted octanol–water partition coefficient (Wildman–Crippen LogP) is 3.02. The quantitative estimate of drug-likeness (QED) is 0.909. The van der Waals surface area contributed by atoms with Crippen molar-refractivity contribution < 1.29 is 18.7 Å². The molecule has 25 heavy (non-hydrogen) atoms. The smallest absolute Gasteiger partial charge is 0.255 e. The summed E-state index contributed by atoms with van der Waals surface area (Å²) < 4.78 is 18.2. The summed E-state index contributed by atoms with van der Waals surface area (Å²) in [5.74, 6) is -0.456. The van der Waals surface area contributed by atoms with E-state index >= 15 is 0 Å². The Balaban J connectivity index is 1.72. The molecule has 0 aromatic heterocycles. The van der Waals surface area contributed by atoms with Gasteiger partial charge in [-0.25, -0.2) is 4.39 Å². The van der Waals surface area contributed by atoms with Crippen LogP contribution in [0.4, 0.5) is 10.1 Å². The van der Waals surface area contributed by atoms with Gasteiger partial charge >= 0.3 is 0 Å². The van der Waals surface area contributed by atoms with Crippen LogP contribution in [0, 0.1) is 5.82 Å². The van der Waals surface area contributed by atoms with Gasteiger partial charge in [-0.1, -0.05) is 11.6 Å². The minimum atomic E-state index is -0.367. The zero-order chi connectivity index (χ0) is 18.0. The van der Waals surface area contributed by atoms with Crippen LogP contribution < -0.4 is 15.0 Å². The van der Waals surface area contributed by atoms with E-state index in [1.807, 2.05) is 0 Å². The van der Waals surface area contributed by atoms with Crippen molar-refractivity contribution in [1.29, 1.82) is 0 Å². The topological polar surface area (TPSA) is 58.6 Å². The van der Waals surface area contributed by atoms with E-state index in [0.29, 0.717) is 28.6 Å². The number of nitrogens with one attached hydrogen (secondary N) is 1. The number of hydrogen-bond donors (Lipinski definition) is 1. The number of nitrogens with zero attached hydrogens (tertiary/aromatic N) is 1. The Labute approximate surface area is 149 Å². The number of carbonyl (C=O) groups is 2. The summed E-state index contributed by atoms with van der Waals surface area (Å²) in [5.41, 5.74) is 0.908. The Bertz CT molecular complexity index is 810. The summed E-state index contributed by atoms with van der Waals surface area (Å²) in [6.07, 6.45) is 0.173. The van der Waals surface area contributed by atoms with Crippen molar-refractivity contribution in [2.75, 3.05) is 18.6 Å². The van der Waals surface area contributed by atoms with E-state index in [4.69, 9.17) is 16.3 Å². The number of rotatable bonds is 4. The number of benzene rings is 2. The van der Waals surface area contributed by atoms with Gasteiger partial charge in [-0.2, -0.15) is 0 Å². The molecule has 1 atom stereocenters. The molecule has 0 spiro atoms. The maximum atomic E-state index is 13.0. The predicted molar refractivity (Wildman–Crippen MR) is 92.6 cm³/mol. The van der Waals surface area contributed by atoms with E-state index in [1.165, 1.54) is 42.3 Å². The highest BCUT2D eigenvalue weighted by Gasteiger charge is 2.32. The molecule has 0 radical (unpaired) electrons. The molecule has 130 valence electrons. The molecule has 2 aromatic rings. The van der Waals surface area contributed by atoms with Crippen LogP contribution in [-0.4, -0.2) is 31.5 Å². The first-order valence-electron chi connectivity index (χ1n) is 7.68. The molecule has 3 rings (SSSR count). The molecule has 5 nitrogen and oxygen atoms in total. The molecular formula is C18H16ClFN2O3. The molecule has 1 aliphatic heterocycles. The lowest BCUT2D eigenvalue weighted by molar-refractivity contribution is -0.117. The Kier molecular flexibility index (Phi) is 4.90. The van der Waals surface area contributed by atoms with Gasteiger partial charge in [0.05, 0.1) is 18.7 Å². The minimum absolute atomic E-state index is 0.130. The molecule has 1 fully saturated rings. The number of hydrogen-bond acceptors (Lipinski definition) is 3. The number of methoxy groups -OCH3 is 1. The van der Waals surface area contributed by atoms with E-state index in [0.717, 1.165) is 0 Å². The Morgan fingerprint density at radius 2 is 2.00 bits per heavy atom. The highest BCUT2D eigenvalue weighted by atomic mass is 35.5. The molecule has 1 unspecified atom stereocenters. The lowest BCUT2D eigenvalue weighted by Crippen LogP contribution is -2.37. The third-order valence-electron chi connectivity index (χ3n) is 4.00. The van der Waals surface area contributed by atoms with Crippen molar-refractivity contribution in [2.24, 2.45) is 0 Å². The summed E-state index contributed by atoms with van der Waals surface area (Å²) in [6, 6.07) is 10.1.